The minimum Gasteiger partial charge on any atom is -0.494 e. The molecule has 2 aromatic rings. The summed E-state index contributed by atoms with van der Waals surface area (Å²) < 4.78 is 7.70. The van der Waals surface area contributed by atoms with Crippen LogP contribution in [-0.2, 0) is 13.1 Å². The first kappa shape index (κ1) is 24.2. The van der Waals surface area contributed by atoms with E-state index in [9.17, 15) is 0 Å². The summed E-state index contributed by atoms with van der Waals surface area (Å²) in [6, 6.07) is 10.1. The topological polar surface area (TPSA) is 66.7 Å². The van der Waals surface area contributed by atoms with Gasteiger partial charge in [0.1, 0.15) is 5.75 Å². The fourth-order valence-electron chi connectivity index (χ4n) is 2.56. The molecule has 8 heteroatoms. The summed E-state index contributed by atoms with van der Waals surface area (Å²) in [5, 5.41) is 10.9. The molecule has 28 heavy (non-hydrogen) atoms. The number of halogens is 1. The third-order valence-electron chi connectivity index (χ3n) is 4.04. The monoisotopic (exact) mass is 500 g/mol. The van der Waals surface area contributed by atoms with Crippen LogP contribution in [0.3, 0.4) is 0 Å². The molecule has 1 aromatic heterocycles. The Labute approximate surface area is 185 Å². The number of aliphatic imine (C=N–C) groups is 1. The van der Waals surface area contributed by atoms with Gasteiger partial charge in [-0.2, -0.15) is 5.10 Å². The van der Waals surface area contributed by atoms with Gasteiger partial charge in [-0.05, 0) is 50.7 Å². The van der Waals surface area contributed by atoms with Crippen molar-refractivity contribution >= 4 is 29.9 Å². The van der Waals surface area contributed by atoms with E-state index >= 15 is 0 Å². The molecule has 0 spiro atoms. The second kappa shape index (κ2) is 14.2. The van der Waals surface area contributed by atoms with Crippen LogP contribution >= 0.6 is 24.0 Å². The van der Waals surface area contributed by atoms with E-state index in [0.717, 1.165) is 57.3 Å². The SMILES string of the molecule is CN=C(NCCCn1cccn1)NCc1ccc(OCCCN(C)C)cc1.I. The first-order valence-electron chi connectivity index (χ1n) is 9.46. The van der Waals surface area contributed by atoms with Crippen LogP contribution in [0.15, 0.2) is 47.7 Å². The summed E-state index contributed by atoms with van der Waals surface area (Å²) in [5.74, 6) is 1.72. The molecule has 0 aliphatic carbocycles. The van der Waals surface area contributed by atoms with Crippen LogP contribution in [0.4, 0.5) is 0 Å². The molecule has 0 saturated carbocycles. The maximum Gasteiger partial charge on any atom is 0.191 e. The van der Waals surface area contributed by atoms with Crippen molar-refractivity contribution in [3.05, 3.63) is 48.3 Å². The summed E-state index contributed by atoms with van der Waals surface area (Å²) >= 11 is 0. The Hall–Kier alpha value is -1.81. The van der Waals surface area contributed by atoms with E-state index in [4.69, 9.17) is 4.74 Å². The third-order valence-corrected chi connectivity index (χ3v) is 4.04. The van der Waals surface area contributed by atoms with Gasteiger partial charge in [0.05, 0.1) is 6.61 Å². The average molecular weight is 500 g/mol. The lowest BCUT2D eigenvalue weighted by Crippen LogP contribution is -2.37. The molecule has 0 aliphatic heterocycles. The molecular weight excluding hydrogens is 467 g/mol. The Kier molecular flexibility index (Phi) is 12.3. The Balaban J connectivity index is 0.00000392. The van der Waals surface area contributed by atoms with Gasteiger partial charge in [0, 0.05) is 45.6 Å². The predicted molar refractivity (Wildman–Crippen MR) is 126 cm³/mol. The molecule has 7 nitrogen and oxygen atoms in total. The van der Waals surface area contributed by atoms with E-state index in [1.807, 2.05) is 29.1 Å². The molecule has 1 heterocycles. The van der Waals surface area contributed by atoms with Crippen molar-refractivity contribution in [2.45, 2.75) is 25.9 Å². The van der Waals surface area contributed by atoms with Crippen LogP contribution in [0, 0.1) is 0 Å². The Morgan fingerprint density at radius 3 is 2.61 bits per heavy atom. The summed E-state index contributed by atoms with van der Waals surface area (Å²) in [6.45, 7) is 4.24. The predicted octanol–water partition coefficient (Wildman–Crippen LogP) is 2.59. The number of guanidine groups is 1. The third kappa shape index (κ3) is 9.93. The van der Waals surface area contributed by atoms with Crippen molar-refractivity contribution < 1.29 is 4.74 Å². The van der Waals surface area contributed by atoms with Crippen LogP contribution in [0.25, 0.3) is 0 Å². The average Bonchev–Trinajstić information content (AvgIpc) is 3.19. The number of hydrogen-bond acceptors (Lipinski definition) is 4. The molecule has 0 radical (unpaired) electrons. The highest BCUT2D eigenvalue weighted by molar-refractivity contribution is 14.0. The molecule has 0 bridgehead atoms. The fraction of sp³-hybridized carbons (Fsp3) is 0.500. The quantitative estimate of drug-likeness (QED) is 0.215. The van der Waals surface area contributed by atoms with E-state index in [1.54, 1.807) is 13.2 Å². The second-order valence-corrected chi connectivity index (χ2v) is 6.62. The number of nitrogens with zero attached hydrogens (tertiary/aromatic N) is 4. The summed E-state index contributed by atoms with van der Waals surface area (Å²) in [4.78, 5) is 6.43. The Morgan fingerprint density at radius 2 is 1.96 bits per heavy atom. The number of nitrogens with one attached hydrogen (secondary N) is 2. The van der Waals surface area contributed by atoms with Gasteiger partial charge in [-0.1, -0.05) is 12.1 Å². The summed E-state index contributed by atoms with van der Waals surface area (Å²) in [5.41, 5.74) is 1.19. The number of ether oxygens (including phenoxy) is 1. The van der Waals surface area contributed by atoms with E-state index in [2.05, 4.69) is 51.9 Å². The molecule has 0 fully saturated rings. The van der Waals surface area contributed by atoms with E-state index in [-0.39, 0.29) is 24.0 Å². The number of hydrogen-bond donors (Lipinski definition) is 2. The zero-order chi connectivity index (χ0) is 19.3. The van der Waals surface area contributed by atoms with Gasteiger partial charge in [-0.25, -0.2) is 0 Å². The molecular formula is C20H33IN6O. The highest BCUT2D eigenvalue weighted by Crippen LogP contribution is 2.12. The van der Waals surface area contributed by atoms with Gasteiger partial charge >= 0.3 is 0 Å². The van der Waals surface area contributed by atoms with Gasteiger partial charge in [0.15, 0.2) is 5.96 Å². The standard InChI is InChI=1S/C20H32N6O.HI/c1-21-20(22-11-4-14-26-15-5-12-24-26)23-17-18-7-9-19(10-8-18)27-16-6-13-25(2)3;/h5,7-10,12,15H,4,6,11,13-14,16-17H2,1-3H3,(H2,21,22,23);1H. The molecule has 0 unspecified atom stereocenters. The van der Waals surface area contributed by atoms with Crippen molar-refractivity contribution in [3.8, 4) is 5.75 Å². The van der Waals surface area contributed by atoms with E-state index < -0.39 is 0 Å². The molecule has 1 aromatic carbocycles. The molecule has 0 amide bonds. The van der Waals surface area contributed by atoms with Gasteiger partial charge in [-0.15, -0.1) is 24.0 Å². The molecule has 2 rings (SSSR count). The summed E-state index contributed by atoms with van der Waals surface area (Å²) in [6.07, 6.45) is 5.79. The lowest BCUT2D eigenvalue weighted by Gasteiger charge is -2.13. The fourth-order valence-corrected chi connectivity index (χ4v) is 2.56. The molecule has 0 aliphatic rings. The highest BCUT2D eigenvalue weighted by Gasteiger charge is 2.00. The molecule has 0 saturated heterocycles. The number of benzene rings is 1. The smallest absolute Gasteiger partial charge is 0.191 e. The minimum absolute atomic E-state index is 0. The maximum absolute atomic E-state index is 5.76. The van der Waals surface area contributed by atoms with Crippen molar-refractivity contribution in [2.75, 3.05) is 40.8 Å². The van der Waals surface area contributed by atoms with Crippen LogP contribution in [0.1, 0.15) is 18.4 Å². The zero-order valence-electron chi connectivity index (χ0n) is 17.1. The van der Waals surface area contributed by atoms with Crippen molar-refractivity contribution in [3.63, 3.8) is 0 Å². The molecule has 0 atom stereocenters. The van der Waals surface area contributed by atoms with Crippen LogP contribution in [0.2, 0.25) is 0 Å². The maximum atomic E-state index is 5.76. The second-order valence-electron chi connectivity index (χ2n) is 6.62. The molecule has 156 valence electrons. The number of aromatic nitrogens is 2. The van der Waals surface area contributed by atoms with E-state index in [0.29, 0.717) is 0 Å². The lowest BCUT2D eigenvalue weighted by molar-refractivity contribution is 0.281. The number of rotatable bonds is 11. The molecule has 2 N–H and O–H groups in total. The zero-order valence-corrected chi connectivity index (χ0v) is 19.4. The first-order chi connectivity index (χ1) is 13.2. The van der Waals surface area contributed by atoms with Gasteiger partial charge in [0.25, 0.3) is 0 Å². The summed E-state index contributed by atoms with van der Waals surface area (Å²) in [7, 11) is 5.93. The van der Waals surface area contributed by atoms with Gasteiger partial charge < -0.3 is 20.3 Å². The number of aryl methyl sites for hydroxylation is 1. The Bertz CT molecular complexity index is 658. The van der Waals surface area contributed by atoms with Gasteiger partial charge in [0.2, 0.25) is 0 Å². The van der Waals surface area contributed by atoms with Crippen molar-refractivity contribution in [1.29, 1.82) is 0 Å². The van der Waals surface area contributed by atoms with Gasteiger partial charge in [-0.3, -0.25) is 9.67 Å². The minimum atomic E-state index is 0. The van der Waals surface area contributed by atoms with Crippen LogP contribution in [-0.4, -0.2) is 61.5 Å². The Morgan fingerprint density at radius 1 is 1.18 bits per heavy atom. The van der Waals surface area contributed by atoms with Crippen LogP contribution in [0.5, 0.6) is 5.75 Å². The van der Waals surface area contributed by atoms with Crippen molar-refractivity contribution in [2.24, 2.45) is 4.99 Å². The van der Waals surface area contributed by atoms with Crippen molar-refractivity contribution in [1.82, 2.24) is 25.3 Å². The largest absolute Gasteiger partial charge is 0.494 e. The normalized spacial score (nSPS) is 11.2. The lowest BCUT2D eigenvalue weighted by atomic mass is 10.2. The first-order valence-corrected chi connectivity index (χ1v) is 9.46. The van der Waals surface area contributed by atoms with E-state index in [1.165, 1.54) is 5.56 Å². The van der Waals surface area contributed by atoms with Crippen LogP contribution < -0.4 is 15.4 Å². The highest BCUT2D eigenvalue weighted by atomic mass is 127.